The number of aryl methyl sites for hydroxylation is 3. The van der Waals surface area contributed by atoms with Gasteiger partial charge in [0, 0.05) is 6.61 Å². The van der Waals surface area contributed by atoms with E-state index < -0.39 is 0 Å². The van der Waals surface area contributed by atoms with Crippen LogP contribution in [0.25, 0.3) is 0 Å². The third-order valence-corrected chi connectivity index (χ3v) is 4.61. The molecule has 2 nitrogen and oxygen atoms in total. The fourth-order valence-electron chi connectivity index (χ4n) is 3.14. The van der Waals surface area contributed by atoms with Gasteiger partial charge in [-0.2, -0.15) is 0 Å². The van der Waals surface area contributed by atoms with Crippen LogP contribution in [0.5, 0.6) is 0 Å². The molecule has 2 heteroatoms. The predicted octanol–water partition coefficient (Wildman–Crippen LogP) is 4.47. The van der Waals surface area contributed by atoms with Crippen LogP contribution in [0.15, 0.2) is 12.1 Å². The molecule has 0 radical (unpaired) electrons. The molecule has 1 aromatic rings. The van der Waals surface area contributed by atoms with Gasteiger partial charge in [0.15, 0.2) is 0 Å². The Morgan fingerprint density at radius 2 is 1.76 bits per heavy atom. The molecule has 0 aromatic heterocycles. The molecule has 1 aliphatic carbocycles. The van der Waals surface area contributed by atoms with E-state index in [1.54, 1.807) is 0 Å². The molecule has 1 aromatic carbocycles. The minimum atomic E-state index is 0.322. The predicted molar refractivity (Wildman–Crippen MR) is 89.8 cm³/mol. The van der Waals surface area contributed by atoms with Gasteiger partial charge < -0.3 is 10.1 Å². The number of hydrogen-bond donors (Lipinski definition) is 1. The summed E-state index contributed by atoms with van der Waals surface area (Å²) in [7, 11) is 0. The number of rotatable bonds is 8. The molecule has 0 heterocycles. The smallest absolute Gasteiger partial charge is 0.0797 e. The van der Waals surface area contributed by atoms with E-state index in [9.17, 15) is 0 Å². The summed E-state index contributed by atoms with van der Waals surface area (Å²) < 4.78 is 6.14. The molecular weight excluding hydrogens is 258 g/mol. The van der Waals surface area contributed by atoms with Crippen LogP contribution in [0.1, 0.15) is 61.4 Å². The molecule has 1 N–H and O–H groups in total. The van der Waals surface area contributed by atoms with Gasteiger partial charge in [0.25, 0.3) is 0 Å². The molecule has 1 aliphatic rings. The maximum atomic E-state index is 6.14. The zero-order valence-corrected chi connectivity index (χ0v) is 14.3. The van der Waals surface area contributed by atoms with Crippen LogP contribution in [0, 0.1) is 26.7 Å². The second-order valence-corrected chi connectivity index (χ2v) is 6.48. The van der Waals surface area contributed by atoms with Crippen molar-refractivity contribution in [2.45, 2.75) is 66.0 Å². The molecule has 1 saturated carbocycles. The third-order valence-electron chi connectivity index (χ3n) is 4.61. The molecule has 0 amide bonds. The second-order valence-electron chi connectivity index (χ2n) is 6.48. The topological polar surface area (TPSA) is 21.3 Å². The van der Waals surface area contributed by atoms with Crippen molar-refractivity contribution in [3.8, 4) is 0 Å². The largest absolute Gasteiger partial charge is 0.376 e. The average molecular weight is 289 g/mol. The zero-order chi connectivity index (χ0) is 15.4. The quantitative estimate of drug-likeness (QED) is 0.762. The zero-order valence-electron chi connectivity index (χ0n) is 14.3. The van der Waals surface area contributed by atoms with E-state index in [-0.39, 0.29) is 0 Å². The number of nitrogens with one attached hydrogen (secondary N) is 1. The lowest BCUT2D eigenvalue weighted by molar-refractivity contribution is 0.0184. The number of ether oxygens (including phenoxy) is 1. The van der Waals surface area contributed by atoms with Crippen LogP contribution in [0.4, 0.5) is 0 Å². The van der Waals surface area contributed by atoms with E-state index in [4.69, 9.17) is 4.74 Å². The van der Waals surface area contributed by atoms with Crippen LogP contribution in [-0.4, -0.2) is 19.3 Å². The van der Waals surface area contributed by atoms with Gasteiger partial charge in [-0.25, -0.2) is 0 Å². The summed E-state index contributed by atoms with van der Waals surface area (Å²) >= 11 is 0. The van der Waals surface area contributed by atoms with Gasteiger partial charge in [0.2, 0.25) is 0 Å². The Kier molecular flexibility index (Phi) is 5.83. The van der Waals surface area contributed by atoms with Crippen LogP contribution < -0.4 is 5.32 Å². The lowest BCUT2D eigenvalue weighted by Gasteiger charge is -2.30. The van der Waals surface area contributed by atoms with Gasteiger partial charge in [0.05, 0.1) is 12.1 Å². The summed E-state index contributed by atoms with van der Waals surface area (Å²) in [6.45, 7) is 12.8. The van der Waals surface area contributed by atoms with Crippen LogP contribution in [-0.2, 0) is 4.74 Å². The third kappa shape index (κ3) is 4.08. The van der Waals surface area contributed by atoms with E-state index >= 15 is 0 Å². The Balaban J connectivity index is 2.31. The lowest BCUT2D eigenvalue weighted by Crippen LogP contribution is -2.36. The fourth-order valence-corrected chi connectivity index (χ4v) is 3.14. The maximum absolute atomic E-state index is 6.14. The summed E-state index contributed by atoms with van der Waals surface area (Å²) in [6, 6.07) is 5.02. The molecule has 0 saturated heterocycles. The standard InChI is InChI=1S/C19H31NO/c1-6-10-20-18(19(21-7-2)16-8-9-16)17-12-14(4)13(3)11-15(17)5/h11-12,16,18-20H,6-10H2,1-5H3. The van der Waals surface area contributed by atoms with E-state index in [0.717, 1.165) is 25.5 Å². The second kappa shape index (κ2) is 7.42. The molecule has 2 atom stereocenters. The summed E-state index contributed by atoms with van der Waals surface area (Å²) in [4.78, 5) is 0. The Morgan fingerprint density at radius 3 is 2.33 bits per heavy atom. The molecular formula is C19H31NO. The normalized spacial score (nSPS) is 17.8. The van der Waals surface area contributed by atoms with Gasteiger partial charge in [-0.1, -0.05) is 19.1 Å². The molecule has 118 valence electrons. The Labute approximate surface area is 130 Å². The van der Waals surface area contributed by atoms with Crippen molar-refractivity contribution >= 4 is 0 Å². The summed E-state index contributed by atoms with van der Waals surface area (Å²) in [5.74, 6) is 0.736. The molecule has 2 unspecified atom stereocenters. The number of hydrogen-bond acceptors (Lipinski definition) is 2. The van der Waals surface area contributed by atoms with Crippen molar-refractivity contribution < 1.29 is 4.74 Å². The van der Waals surface area contributed by atoms with E-state index in [2.05, 4.69) is 52.1 Å². The summed E-state index contributed by atoms with van der Waals surface area (Å²) in [6.07, 6.45) is 4.11. The van der Waals surface area contributed by atoms with Gasteiger partial charge >= 0.3 is 0 Å². The molecule has 0 aliphatic heterocycles. The first kappa shape index (κ1) is 16.5. The van der Waals surface area contributed by atoms with Crippen molar-refractivity contribution in [1.29, 1.82) is 0 Å². The lowest BCUT2D eigenvalue weighted by atomic mass is 9.91. The Hall–Kier alpha value is -0.860. The van der Waals surface area contributed by atoms with Gasteiger partial charge in [-0.05, 0) is 81.7 Å². The highest BCUT2D eigenvalue weighted by molar-refractivity contribution is 5.39. The average Bonchev–Trinajstić information content (AvgIpc) is 3.27. The maximum Gasteiger partial charge on any atom is 0.0797 e. The van der Waals surface area contributed by atoms with E-state index in [1.165, 1.54) is 35.1 Å². The van der Waals surface area contributed by atoms with Gasteiger partial charge in [0.1, 0.15) is 0 Å². The number of benzene rings is 1. The molecule has 0 spiro atoms. The van der Waals surface area contributed by atoms with Crippen molar-refractivity contribution in [3.05, 3.63) is 34.4 Å². The van der Waals surface area contributed by atoms with Gasteiger partial charge in [-0.15, -0.1) is 0 Å². The van der Waals surface area contributed by atoms with Crippen LogP contribution in [0.2, 0.25) is 0 Å². The van der Waals surface area contributed by atoms with Crippen LogP contribution in [0.3, 0.4) is 0 Å². The van der Waals surface area contributed by atoms with Crippen molar-refractivity contribution in [3.63, 3.8) is 0 Å². The minimum absolute atomic E-state index is 0.322. The Morgan fingerprint density at radius 1 is 1.10 bits per heavy atom. The van der Waals surface area contributed by atoms with Crippen molar-refractivity contribution in [2.75, 3.05) is 13.2 Å². The minimum Gasteiger partial charge on any atom is -0.376 e. The SMILES string of the molecule is CCCNC(c1cc(C)c(C)cc1C)C(OCC)C1CC1. The highest BCUT2D eigenvalue weighted by atomic mass is 16.5. The highest BCUT2D eigenvalue weighted by Gasteiger charge is 2.38. The first-order chi connectivity index (χ1) is 10.1. The van der Waals surface area contributed by atoms with E-state index in [1.807, 2.05) is 0 Å². The Bertz CT molecular complexity index is 465. The van der Waals surface area contributed by atoms with Crippen molar-refractivity contribution in [1.82, 2.24) is 5.32 Å². The fraction of sp³-hybridized carbons (Fsp3) is 0.684. The first-order valence-corrected chi connectivity index (χ1v) is 8.51. The molecule has 2 rings (SSSR count). The monoisotopic (exact) mass is 289 g/mol. The first-order valence-electron chi connectivity index (χ1n) is 8.51. The van der Waals surface area contributed by atoms with E-state index in [0.29, 0.717) is 12.1 Å². The molecule has 0 bridgehead atoms. The summed E-state index contributed by atoms with van der Waals surface area (Å²) in [5, 5.41) is 3.75. The molecule has 1 fully saturated rings. The van der Waals surface area contributed by atoms with Crippen LogP contribution >= 0.6 is 0 Å². The highest BCUT2D eigenvalue weighted by Crippen LogP contribution is 2.41. The summed E-state index contributed by atoms with van der Waals surface area (Å²) in [5.41, 5.74) is 5.57. The van der Waals surface area contributed by atoms with Gasteiger partial charge in [-0.3, -0.25) is 0 Å². The molecule has 21 heavy (non-hydrogen) atoms. The van der Waals surface area contributed by atoms with Crippen molar-refractivity contribution in [2.24, 2.45) is 5.92 Å².